The highest BCUT2D eigenvalue weighted by atomic mass is 32.2. The molecule has 1 unspecified atom stereocenters. The normalized spacial score (nSPS) is 13.6. The second-order valence-corrected chi connectivity index (χ2v) is 7.39. The lowest BCUT2D eigenvalue weighted by Crippen LogP contribution is -2.30. The highest BCUT2D eigenvalue weighted by Gasteiger charge is 2.19. The standard InChI is InChI=1S/C15H25FN2O2S/c1-5-12(4)9-18-21(19,20)15-8-14(16)7-6-13(15)10-17-11(2)3/h6-8,11-12,17-18H,5,9-10H2,1-4H3. The number of sulfonamides is 1. The Morgan fingerprint density at radius 2 is 1.90 bits per heavy atom. The minimum absolute atomic E-state index is 0.0129. The molecular weight excluding hydrogens is 291 g/mol. The average Bonchev–Trinajstić information content (AvgIpc) is 2.43. The van der Waals surface area contributed by atoms with Gasteiger partial charge in [-0.2, -0.15) is 0 Å². The third-order valence-electron chi connectivity index (χ3n) is 3.34. The Labute approximate surface area is 127 Å². The molecule has 0 aliphatic rings. The smallest absolute Gasteiger partial charge is 0.241 e. The van der Waals surface area contributed by atoms with E-state index in [1.165, 1.54) is 12.1 Å². The molecule has 1 atom stereocenters. The Morgan fingerprint density at radius 3 is 2.48 bits per heavy atom. The van der Waals surface area contributed by atoms with Gasteiger partial charge in [-0.25, -0.2) is 17.5 Å². The van der Waals surface area contributed by atoms with Crippen molar-refractivity contribution in [3.05, 3.63) is 29.6 Å². The van der Waals surface area contributed by atoms with E-state index in [9.17, 15) is 12.8 Å². The summed E-state index contributed by atoms with van der Waals surface area (Å²) in [5.74, 6) is -0.308. The zero-order valence-corrected chi connectivity index (χ0v) is 13.9. The highest BCUT2D eigenvalue weighted by Crippen LogP contribution is 2.18. The van der Waals surface area contributed by atoms with E-state index in [1.807, 2.05) is 27.7 Å². The maximum atomic E-state index is 13.4. The second kappa shape index (κ2) is 7.87. The SMILES string of the molecule is CCC(C)CNS(=O)(=O)c1cc(F)ccc1CNC(C)C. The molecule has 0 saturated carbocycles. The van der Waals surface area contributed by atoms with Gasteiger partial charge in [0.15, 0.2) is 0 Å². The van der Waals surface area contributed by atoms with Crippen molar-refractivity contribution in [2.24, 2.45) is 5.92 Å². The molecule has 0 spiro atoms. The van der Waals surface area contributed by atoms with Crippen molar-refractivity contribution in [3.8, 4) is 0 Å². The van der Waals surface area contributed by atoms with Crippen LogP contribution in [0, 0.1) is 11.7 Å². The summed E-state index contributed by atoms with van der Waals surface area (Å²) in [5, 5.41) is 3.16. The van der Waals surface area contributed by atoms with Crippen LogP contribution in [0.4, 0.5) is 4.39 Å². The van der Waals surface area contributed by atoms with Crippen LogP contribution >= 0.6 is 0 Å². The van der Waals surface area contributed by atoms with E-state index in [1.54, 1.807) is 0 Å². The molecule has 0 heterocycles. The zero-order chi connectivity index (χ0) is 16.0. The Bertz CT molecular complexity index is 559. The number of benzene rings is 1. The molecule has 2 N–H and O–H groups in total. The summed E-state index contributed by atoms with van der Waals surface area (Å²) in [7, 11) is -3.70. The van der Waals surface area contributed by atoms with Gasteiger partial charge in [0.2, 0.25) is 10.0 Å². The van der Waals surface area contributed by atoms with Crippen molar-refractivity contribution < 1.29 is 12.8 Å². The first-order valence-electron chi connectivity index (χ1n) is 7.27. The number of hydrogen-bond acceptors (Lipinski definition) is 3. The van der Waals surface area contributed by atoms with Crippen molar-refractivity contribution in [3.63, 3.8) is 0 Å². The molecule has 1 aromatic carbocycles. The third kappa shape index (κ3) is 5.73. The predicted molar refractivity (Wildman–Crippen MR) is 83.0 cm³/mol. The first kappa shape index (κ1) is 18.1. The Balaban J connectivity index is 3.00. The molecule has 1 aromatic rings. The first-order valence-corrected chi connectivity index (χ1v) is 8.76. The van der Waals surface area contributed by atoms with Gasteiger partial charge < -0.3 is 5.32 Å². The number of rotatable bonds is 8. The van der Waals surface area contributed by atoms with Gasteiger partial charge in [-0.3, -0.25) is 0 Å². The molecule has 0 bridgehead atoms. The summed E-state index contributed by atoms with van der Waals surface area (Å²) < 4.78 is 40.7. The van der Waals surface area contributed by atoms with E-state index >= 15 is 0 Å². The lowest BCUT2D eigenvalue weighted by atomic mass is 10.1. The molecular formula is C15H25FN2O2S. The van der Waals surface area contributed by atoms with E-state index in [4.69, 9.17) is 0 Å². The molecule has 4 nitrogen and oxygen atoms in total. The van der Waals surface area contributed by atoms with Crippen molar-refractivity contribution >= 4 is 10.0 Å². The van der Waals surface area contributed by atoms with Gasteiger partial charge in [-0.05, 0) is 23.6 Å². The molecule has 21 heavy (non-hydrogen) atoms. The summed E-state index contributed by atoms with van der Waals surface area (Å²) >= 11 is 0. The minimum Gasteiger partial charge on any atom is -0.310 e. The van der Waals surface area contributed by atoms with E-state index in [2.05, 4.69) is 10.0 Å². The Morgan fingerprint density at radius 1 is 1.24 bits per heavy atom. The van der Waals surface area contributed by atoms with Crippen molar-refractivity contribution in [1.82, 2.24) is 10.0 Å². The molecule has 0 aliphatic carbocycles. The van der Waals surface area contributed by atoms with E-state index in [0.717, 1.165) is 12.5 Å². The summed E-state index contributed by atoms with van der Waals surface area (Å²) in [4.78, 5) is 0.0129. The van der Waals surface area contributed by atoms with Gasteiger partial charge in [-0.15, -0.1) is 0 Å². The second-order valence-electron chi connectivity index (χ2n) is 5.65. The van der Waals surface area contributed by atoms with Crippen molar-refractivity contribution in [1.29, 1.82) is 0 Å². The van der Waals surface area contributed by atoms with Gasteiger partial charge in [0, 0.05) is 19.1 Å². The minimum atomic E-state index is -3.70. The Kier molecular flexibility index (Phi) is 6.77. The molecule has 0 aromatic heterocycles. The first-order chi connectivity index (χ1) is 9.76. The number of nitrogens with one attached hydrogen (secondary N) is 2. The monoisotopic (exact) mass is 316 g/mol. The highest BCUT2D eigenvalue weighted by molar-refractivity contribution is 7.89. The van der Waals surface area contributed by atoms with Crippen LogP contribution in [-0.4, -0.2) is 21.0 Å². The summed E-state index contributed by atoms with van der Waals surface area (Å²) in [5.41, 5.74) is 0.571. The maximum absolute atomic E-state index is 13.4. The summed E-state index contributed by atoms with van der Waals surface area (Å²) in [6.07, 6.45) is 0.882. The zero-order valence-electron chi connectivity index (χ0n) is 13.1. The van der Waals surface area contributed by atoms with E-state index < -0.39 is 15.8 Å². The van der Waals surface area contributed by atoms with Crippen molar-refractivity contribution in [2.45, 2.75) is 51.6 Å². The van der Waals surface area contributed by atoms with Crippen LogP contribution in [0.1, 0.15) is 39.7 Å². The molecule has 1 rings (SSSR count). The third-order valence-corrected chi connectivity index (χ3v) is 4.84. The Hall–Kier alpha value is -0.980. The van der Waals surface area contributed by atoms with Gasteiger partial charge in [0.25, 0.3) is 0 Å². The van der Waals surface area contributed by atoms with Crippen LogP contribution in [0.3, 0.4) is 0 Å². The van der Waals surface area contributed by atoms with Crippen LogP contribution in [0.25, 0.3) is 0 Å². The van der Waals surface area contributed by atoms with Gasteiger partial charge in [0.1, 0.15) is 5.82 Å². The average molecular weight is 316 g/mol. The molecule has 0 amide bonds. The van der Waals surface area contributed by atoms with Gasteiger partial charge >= 0.3 is 0 Å². The fraction of sp³-hybridized carbons (Fsp3) is 0.600. The molecule has 0 aliphatic heterocycles. The molecule has 120 valence electrons. The fourth-order valence-corrected chi connectivity index (χ4v) is 3.13. The molecule has 0 radical (unpaired) electrons. The lowest BCUT2D eigenvalue weighted by Gasteiger charge is -2.15. The largest absolute Gasteiger partial charge is 0.310 e. The predicted octanol–water partition coefficient (Wildman–Crippen LogP) is 2.65. The van der Waals surface area contributed by atoms with Crippen LogP contribution in [0.2, 0.25) is 0 Å². The van der Waals surface area contributed by atoms with Crippen LogP contribution in [-0.2, 0) is 16.6 Å². The number of halogens is 1. The van der Waals surface area contributed by atoms with Crippen LogP contribution in [0.15, 0.2) is 23.1 Å². The van der Waals surface area contributed by atoms with Crippen LogP contribution in [0.5, 0.6) is 0 Å². The molecule has 6 heteroatoms. The van der Waals surface area contributed by atoms with Gasteiger partial charge in [-0.1, -0.05) is 40.2 Å². The van der Waals surface area contributed by atoms with Crippen LogP contribution < -0.4 is 10.0 Å². The van der Waals surface area contributed by atoms with E-state index in [-0.39, 0.29) is 16.9 Å². The van der Waals surface area contributed by atoms with E-state index in [0.29, 0.717) is 18.7 Å². The topological polar surface area (TPSA) is 58.2 Å². The molecule has 0 fully saturated rings. The summed E-state index contributed by atoms with van der Waals surface area (Å²) in [6.45, 7) is 8.65. The summed E-state index contributed by atoms with van der Waals surface area (Å²) in [6, 6.07) is 4.10. The lowest BCUT2D eigenvalue weighted by molar-refractivity contribution is 0.525. The number of hydrogen-bond donors (Lipinski definition) is 2. The van der Waals surface area contributed by atoms with Gasteiger partial charge in [0.05, 0.1) is 4.90 Å². The van der Waals surface area contributed by atoms with Crippen molar-refractivity contribution in [2.75, 3.05) is 6.54 Å². The fourth-order valence-electron chi connectivity index (χ4n) is 1.71. The quantitative estimate of drug-likeness (QED) is 0.775. The maximum Gasteiger partial charge on any atom is 0.241 e. The molecule has 0 saturated heterocycles.